The lowest BCUT2D eigenvalue weighted by atomic mass is 10.1. The molecule has 21 heavy (non-hydrogen) atoms. The van der Waals surface area contributed by atoms with E-state index >= 15 is 0 Å². The number of nitro groups is 1. The van der Waals surface area contributed by atoms with E-state index in [0.29, 0.717) is 5.82 Å². The number of carbonyl (C=O) groups is 1. The molecule has 0 bridgehead atoms. The van der Waals surface area contributed by atoms with E-state index in [1.165, 1.54) is 23.9 Å². The lowest BCUT2D eigenvalue weighted by Gasteiger charge is -2.12. The molecule has 2 rings (SSSR count). The Morgan fingerprint density at radius 3 is 2.86 bits per heavy atom. The Balaban J connectivity index is 2.27. The van der Waals surface area contributed by atoms with Gasteiger partial charge in [-0.3, -0.25) is 14.9 Å². The summed E-state index contributed by atoms with van der Waals surface area (Å²) >= 11 is 1.42. The van der Waals surface area contributed by atoms with E-state index in [9.17, 15) is 14.9 Å². The van der Waals surface area contributed by atoms with Crippen molar-refractivity contribution < 1.29 is 9.72 Å². The number of imidazole rings is 1. The average Bonchev–Trinajstić information content (AvgIpc) is 3.00. The Labute approximate surface area is 125 Å². The topological polar surface area (TPSA) is 101 Å². The van der Waals surface area contributed by atoms with Crippen LogP contribution in [0.4, 0.5) is 5.69 Å². The van der Waals surface area contributed by atoms with Crippen molar-refractivity contribution in [3.05, 3.63) is 52.1 Å². The Morgan fingerprint density at radius 1 is 1.52 bits per heavy atom. The molecule has 1 aromatic carbocycles. The van der Waals surface area contributed by atoms with Crippen LogP contribution < -0.4 is 5.32 Å². The normalized spacial score (nSPS) is 11.9. The first kappa shape index (κ1) is 15.0. The van der Waals surface area contributed by atoms with Gasteiger partial charge in [0.05, 0.1) is 11.0 Å². The Morgan fingerprint density at radius 2 is 2.29 bits per heavy atom. The van der Waals surface area contributed by atoms with Gasteiger partial charge in [0.2, 0.25) is 0 Å². The zero-order valence-electron chi connectivity index (χ0n) is 11.5. The molecule has 0 aliphatic heterocycles. The highest BCUT2D eigenvalue weighted by atomic mass is 32.2. The molecule has 0 aliphatic carbocycles. The predicted molar refractivity (Wildman–Crippen MR) is 79.3 cm³/mol. The van der Waals surface area contributed by atoms with Crippen LogP contribution in [0.1, 0.15) is 29.1 Å². The van der Waals surface area contributed by atoms with Crippen LogP contribution in [-0.2, 0) is 0 Å². The summed E-state index contributed by atoms with van der Waals surface area (Å²) in [5, 5.41) is 13.7. The summed E-state index contributed by atoms with van der Waals surface area (Å²) in [5.41, 5.74) is -0.165. The van der Waals surface area contributed by atoms with E-state index in [1.807, 2.05) is 6.26 Å². The van der Waals surface area contributed by atoms with Crippen LogP contribution in [0.2, 0.25) is 0 Å². The van der Waals surface area contributed by atoms with Crippen molar-refractivity contribution in [3.8, 4) is 0 Å². The summed E-state index contributed by atoms with van der Waals surface area (Å²) in [6.45, 7) is 1.75. The van der Waals surface area contributed by atoms with Crippen molar-refractivity contribution in [2.75, 3.05) is 6.26 Å². The summed E-state index contributed by atoms with van der Waals surface area (Å²) in [6.07, 6.45) is 5.07. The molecule has 110 valence electrons. The minimum atomic E-state index is -0.559. The summed E-state index contributed by atoms with van der Waals surface area (Å²) in [4.78, 5) is 30.5. The fourth-order valence-electron chi connectivity index (χ4n) is 1.84. The Hall–Kier alpha value is -2.35. The minimum Gasteiger partial charge on any atom is -0.347 e. The number of benzene rings is 1. The highest BCUT2D eigenvalue weighted by Crippen LogP contribution is 2.25. The fraction of sp³-hybridized carbons (Fsp3) is 0.231. The smallest absolute Gasteiger partial charge is 0.282 e. The number of nitro benzene ring substituents is 1. The van der Waals surface area contributed by atoms with E-state index in [-0.39, 0.29) is 17.3 Å². The molecule has 2 aromatic rings. The van der Waals surface area contributed by atoms with Crippen molar-refractivity contribution in [3.63, 3.8) is 0 Å². The molecule has 1 atom stereocenters. The zero-order valence-corrected chi connectivity index (χ0v) is 12.3. The van der Waals surface area contributed by atoms with Gasteiger partial charge in [-0.2, -0.15) is 0 Å². The van der Waals surface area contributed by atoms with Crippen LogP contribution in [0.5, 0.6) is 0 Å². The van der Waals surface area contributed by atoms with Crippen LogP contribution in [0.25, 0.3) is 0 Å². The third-order valence-electron chi connectivity index (χ3n) is 2.92. The van der Waals surface area contributed by atoms with E-state index in [2.05, 4.69) is 15.3 Å². The third-order valence-corrected chi connectivity index (χ3v) is 3.65. The first-order valence-electron chi connectivity index (χ1n) is 6.15. The van der Waals surface area contributed by atoms with Gasteiger partial charge in [-0.25, -0.2) is 4.98 Å². The van der Waals surface area contributed by atoms with Crippen LogP contribution in [0.15, 0.2) is 35.5 Å². The first-order valence-corrected chi connectivity index (χ1v) is 7.38. The summed E-state index contributed by atoms with van der Waals surface area (Å²) in [5.74, 6) is 0.0912. The first-order chi connectivity index (χ1) is 10.0. The lowest BCUT2D eigenvalue weighted by Crippen LogP contribution is -2.28. The number of H-pyrrole nitrogens is 1. The van der Waals surface area contributed by atoms with E-state index < -0.39 is 10.8 Å². The number of aromatic nitrogens is 2. The molecule has 1 unspecified atom stereocenters. The van der Waals surface area contributed by atoms with Gasteiger partial charge in [-0.05, 0) is 25.3 Å². The van der Waals surface area contributed by atoms with Crippen molar-refractivity contribution >= 4 is 23.4 Å². The standard InChI is InChI=1S/C13H14N4O3S/c1-8(12-14-5-6-15-12)16-13(18)10-7-9(21-2)3-4-11(10)17(19)20/h3-8H,1-2H3,(H,14,15)(H,16,18). The van der Waals surface area contributed by atoms with Gasteiger partial charge >= 0.3 is 0 Å². The van der Waals surface area contributed by atoms with Gasteiger partial charge in [0, 0.05) is 23.4 Å². The molecule has 0 radical (unpaired) electrons. The van der Waals surface area contributed by atoms with Crippen molar-refractivity contribution in [1.29, 1.82) is 0 Å². The minimum absolute atomic E-state index is 0.0465. The van der Waals surface area contributed by atoms with Gasteiger partial charge < -0.3 is 10.3 Å². The molecular weight excluding hydrogens is 292 g/mol. The number of hydrogen-bond donors (Lipinski definition) is 2. The van der Waals surface area contributed by atoms with Crippen molar-refractivity contribution in [2.24, 2.45) is 0 Å². The van der Waals surface area contributed by atoms with Crippen LogP contribution in [-0.4, -0.2) is 27.1 Å². The number of carbonyl (C=O) groups excluding carboxylic acids is 1. The van der Waals surface area contributed by atoms with Crippen molar-refractivity contribution in [1.82, 2.24) is 15.3 Å². The second-order valence-electron chi connectivity index (χ2n) is 4.31. The number of nitrogens with zero attached hydrogens (tertiary/aromatic N) is 2. The van der Waals surface area contributed by atoms with Gasteiger partial charge in [0.25, 0.3) is 11.6 Å². The maximum atomic E-state index is 12.3. The zero-order chi connectivity index (χ0) is 15.4. The predicted octanol–water partition coefficient (Wildman–Crippen LogP) is 2.53. The molecule has 0 saturated heterocycles. The Kier molecular flexibility index (Phi) is 4.59. The molecule has 7 nitrogen and oxygen atoms in total. The van der Waals surface area contributed by atoms with Gasteiger partial charge in [-0.1, -0.05) is 0 Å². The van der Waals surface area contributed by atoms with Crippen LogP contribution in [0, 0.1) is 10.1 Å². The third kappa shape index (κ3) is 3.40. The molecule has 0 fully saturated rings. The van der Waals surface area contributed by atoms with Crippen LogP contribution in [0.3, 0.4) is 0 Å². The number of nitrogens with one attached hydrogen (secondary N) is 2. The average molecular weight is 306 g/mol. The van der Waals surface area contributed by atoms with Gasteiger partial charge in [0.1, 0.15) is 11.4 Å². The number of amides is 1. The maximum Gasteiger partial charge on any atom is 0.282 e. The fourth-order valence-corrected chi connectivity index (χ4v) is 2.28. The molecular formula is C13H14N4O3S. The lowest BCUT2D eigenvalue weighted by molar-refractivity contribution is -0.385. The van der Waals surface area contributed by atoms with E-state index in [1.54, 1.807) is 25.4 Å². The number of thioether (sulfide) groups is 1. The Bertz CT molecular complexity index is 657. The summed E-state index contributed by atoms with van der Waals surface area (Å²) < 4.78 is 0. The van der Waals surface area contributed by atoms with E-state index in [0.717, 1.165) is 4.90 Å². The largest absolute Gasteiger partial charge is 0.347 e. The maximum absolute atomic E-state index is 12.3. The highest BCUT2D eigenvalue weighted by molar-refractivity contribution is 7.98. The quantitative estimate of drug-likeness (QED) is 0.502. The monoisotopic (exact) mass is 306 g/mol. The number of aromatic amines is 1. The molecule has 1 heterocycles. The summed E-state index contributed by atoms with van der Waals surface area (Å²) in [7, 11) is 0. The number of hydrogen-bond acceptors (Lipinski definition) is 5. The molecule has 0 saturated carbocycles. The molecule has 0 spiro atoms. The molecule has 1 aromatic heterocycles. The second kappa shape index (κ2) is 6.40. The summed E-state index contributed by atoms with van der Waals surface area (Å²) in [6, 6.07) is 4.12. The SMILES string of the molecule is CSc1ccc([N+](=O)[O-])c(C(=O)NC(C)c2ncc[nH]2)c1. The highest BCUT2D eigenvalue weighted by Gasteiger charge is 2.22. The van der Waals surface area contributed by atoms with Crippen molar-refractivity contribution in [2.45, 2.75) is 17.9 Å². The van der Waals surface area contributed by atoms with Gasteiger partial charge in [-0.15, -0.1) is 11.8 Å². The van der Waals surface area contributed by atoms with Crippen LogP contribution >= 0.6 is 11.8 Å². The molecule has 1 amide bonds. The molecule has 2 N–H and O–H groups in total. The van der Waals surface area contributed by atoms with E-state index in [4.69, 9.17) is 0 Å². The molecule has 0 aliphatic rings. The number of rotatable bonds is 5. The second-order valence-corrected chi connectivity index (χ2v) is 5.19. The van der Waals surface area contributed by atoms with Gasteiger partial charge in [0.15, 0.2) is 0 Å². The molecule has 8 heteroatoms.